The lowest BCUT2D eigenvalue weighted by atomic mass is 10.2. The molecule has 94 valence electrons. The number of hydrogen-bond donors (Lipinski definition) is 2. The average Bonchev–Trinajstić information content (AvgIpc) is 2.67. The number of carbonyl (C=O) groups is 1. The van der Waals surface area contributed by atoms with E-state index in [4.69, 9.17) is 17.3 Å². The van der Waals surface area contributed by atoms with Crippen molar-refractivity contribution in [3.8, 4) is 0 Å². The second-order valence-electron chi connectivity index (χ2n) is 3.88. The van der Waals surface area contributed by atoms with E-state index >= 15 is 0 Å². The quantitative estimate of drug-likeness (QED) is 0.884. The van der Waals surface area contributed by atoms with Gasteiger partial charge >= 0.3 is 0 Å². The molecule has 0 aliphatic heterocycles. The van der Waals surface area contributed by atoms with Crippen molar-refractivity contribution in [3.05, 3.63) is 46.7 Å². The van der Waals surface area contributed by atoms with E-state index in [0.29, 0.717) is 17.3 Å². The van der Waals surface area contributed by atoms with Gasteiger partial charge in [-0.15, -0.1) is 0 Å². The third-order valence-corrected chi connectivity index (χ3v) is 2.84. The van der Waals surface area contributed by atoms with Crippen LogP contribution < -0.4 is 11.1 Å². The zero-order valence-electron chi connectivity index (χ0n) is 9.85. The summed E-state index contributed by atoms with van der Waals surface area (Å²) in [6.45, 7) is 0.342. The molecule has 1 aromatic carbocycles. The zero-order chi connectivity index (χ0) is 13.1. The maximum atomic E-state index is 11.9. The van der Waals surface area contributed by atoms with E-state index < -0.39 is 0 Å². The van der Waals surface area contributed by atoms with Crippen LogP contribution in [-0.2, 0) is 13.6 Å². The molecule has 0 atom stereocenters. The summed E-state index contributed by atoms with van der Waals surface area (Å²) in [5, 5.41) is 7.34. The van der Waals surface area contributed by atoms with Gasteiger partial charge in [0.2, 0.25) is 0 Å². The van der Waals surface area contributed by atoms with Crippen LogP contribution in [0.25, 0.3) is 0 Å². The molecule has 1 aromatic heterocycles. The molecule has 1 heterocycles. The minimum absolute atomic E-state index is 0.226. The van der Waals surface area contributed by atoms with Crippen LogP contribution in [0.3, 0.4) is 0 Å². The first-order chi connectivity index (χ1) is 8.58. The van der Waals surface area contributed by atoms with Crippen LogP contribution in [0.1, 0.15) is 16.1 Å². The molecule has 0 aliphatic carbocycles. The number of nitrogens with one attached hydrogen (secondary N) is 1. The Labute approximate surface area is 110 Å². The molecule has 2 rings (SSSR count). The van der Waals surface area contributed by atoms with E-state index in [1.54, 1.807) is 19.3 Å². The highest BCUT2D eigenvalue weighted by Crippen LogP contribution is 2.15. The largest absolute Gasteiger partial charge is 0.396 e. The number of nitrogens with two attached hydrogens (primary N) is 1. The summed E-state index contributed by atoms with van der Waals surface area (Å²) in [5.74, 6) is -0.312. The smallest absolute Gasteiger partial charge is 0.274 e. The van der Waals surface area contributed by atoms with Gasteiger partial charge in [-0.05, 0) is 11.6 Å². The fourth-order valence-corrected chi connectivity index (χ4v) is 1.79. The van der Waals surface area contributed by atoms with Crippen LogP contribution in [0.15, 0.2) is 30.5 Å². The number of nitrogens with zero attached hydrogens (tertiary/aromatic N) is 2. The Hall–Kier alpha value is -2.01. The lowest BCUT2D eigenvalue weighted by Crippen LogP contribution is -2.24. The summed E-state index contributed by atoms with van der Waals surface area (Å²) in [4.78, 5) is 11.9. The Balaban J connectivity index is 2.05. The summed E-state index contributed by atoms with van der Waals surface area (Å²) in [6.07, 6.45) is 1.59. The molecule has 0 saturated carbocycles. The zero-order valence-corrected chi connectivity index (χ0v) is 10.6. The standard InChI is InChI=1S/C12H13ClN4O/c1-17-7-10(14)11(16-17)12(18)15-6-8-4-2-3-5-9(8)13/h2-5,7H,6,14H2,1H3,(H,15,18). The first-order valence-corrected chi connectivity index (χ1v) is 5.76. The lowest BCUT2D eigenvalue weighted by molar-refractivity contribution is 0.0946. The second kappa shape index (κ2) is 5.10. The number of nitrogen functional groups attached to an aromatic ring is 1. The van der Waals surface area contributed by atoms with Gasteiger partial charge in [0.05, 0.1) is 5.69 Å². The van der Waals surface area contributed by atoms with Gasteiger partial charge in [-0.2, -0.15) is 5.10 Å². The van der Waals surface area contributed by atoms with Crippen LogP contribution in [0, 0.1) is 0 Å². The highest BCUT2D eigenvalue weighted by molar-refractivity contribution is 6.31. The topological polar surface area (TPSA) is 72.9 Å². The number of halogens is 1. The number of aromatic nitrogens is 2. The number of carbonyl (C=O) groups excluding carboxylic acids is 1. The van der Waals surface area contributed by atoms with E-state index in [9.17, 15) is 4.79 Å². The van der Waals surface area contributed by atoms with Gasteiger partial charge in [0.15, 0.2) is 5.69 Å². The van der Waals surface area contributed by atoms with Gasteiger partial charge in [-0.3, -0.25) is 9.48 Å². The minimum Gasteiger partial charge on any atom is -0.396 e. The number of aryl methyl sites for hydroxylation is 1. The first kappa shape index (κ1) is 12.4. The van der Waals surface area contributed by atoms with Crippen molar-refractivity contribution >= 4 is 23.2 Å². The molecule has 0 radical (unpaired) electrons. The molecule has 1 amide bonds. The Bertz CT molecular complexity index is 579. The van der Waals surface area contributed by atoms with Gasteiger partial charge in [-0.1, -0.05) is 29.8 Å². The SMILES string of the molecule is Cn1cc(N)c(C(=O)NCc2ccccc2Cl)n1. The molecule has 0 fully saturated rings. The van der Waals surface area contributed by atoms with Gasteiger partial charge in [0, 0.05) is 24.8 Å². The summed E-state index contributed by atoms with van der Waals surface area (Å²) < 4.78 is 1.50. The molecule has 5 nitrogen and oxygen atoms in total. The van der Waals surface area contributed by atoms with Crippen LogP contribution in [-0.4, -0.2) is 15.7 Å². The van der Waals surface area contributed by atoms with Crippen LogP contribution >= 0.6 is 11.6 Å². The highest BCUT2D eigenvalue weighted by Gasteiger charge is 2.13. The monoisotopic (exact) mass is 264 g/mol. The Kier molecular flexibility index (Phi) is 3.53. The molecular formula is C12H13ClN4O. The normalized spacial score (nSPS) is 10.3. The van der Waals surface area contributed by atoms with Crippen LogP contribution in [0.4, 0.5) is 5.69 Å². The number of rotatable bonds is 3. The molecule has 0 bridgehead atoms. The third kappa shape index (κ3) is 2.62. The predicted molar refractivity (Wildman–Crippen MR) is 70.2 cm³/mol. The number of amides is 1. The molecule has 18 heavy (non-hydrogen) atoms. The summed E-state index contributed by atoms with van der Waals surface area (Å²) in [6, 6.07) is 7.33. The first-order valence-electron chi connectivity index (χ1n) is 5.38. The van der Waals surface area contributed by atoms with Crippen molar-refractivity contribution in [1.82, 2.24) is 15.1 Å². The van der Waals surface area contributed by atoms with Gasteiger partial charge in [0.1, 0.15) is 0 Å². The molecular weight excluding hydrogens is 252 g/mol. The molecule has 0 spiro atoms. The number of hydrogen-bond acceptors (Lipinski definition) is 3. The van der Waals surface area contributed by atoms with E-state index in [1.807, 2.05) is 18.2 Å². The maximum Gasteiger partial charge on any atom is 0.274 e. The molecule has 3 N–H and O–H groups in total. The van der Waals surface area contributed by atoms with Crippen molar-refractivity contribution in [2.24, 2.45) is 7.05 Å². The fourth-order valence-electron chi connectivity index (χ4n) is 1.58. The predicted octanol–water partition coefficient (Wildman–Crippen LogP) is 1.59. The Morgan fingerprint density at radius 3 is 2.83 bits per heavy atom. The summed E-state index contributed by atoms with van der Waals surface area (Å²) >= 11 is 5.99. The molecule has 6 heteroatoms. The fraction of sp³-hybridized carbons (Fsp3) is 0.167. The van der Waals surface area contributed by atoms with E-state index in [-0.39, 0.29) is 11.6 Å². The van der Waals surface area contributed by atoms with E-state index in [0.717, 1.165) is 5.56 Å². The van der Waals surface area contributed by atoms with Crippen LogP contribution in [0.5, 0.6) is 0 Å². The van der Waals surface area contributed by atoms with Gasteiger partial charge in [0.25, 0.3) is 5.91 Å². The highest BCUT2D eigenvalue weighted by atomic mass is 35.5. The second-order valence-corrected chi connectivity index (χ2v) is 4.29. The Morgan fingerprint density at radius 2 is 2.22 bits per heavy atom. The molecule has 2 aromatic rings. The van der Waals surface area contributed by atoms with Crippen LogP contribution in [0.2, 0.25) is 5.02 Å². The van der Waals surface area contributed by atoms with Gasteiger partial charge < -0.3 is 11.1 Å². The van der Waals surface area contributed by atoms with Crippen molar-refractivity contribution in [2.75, 3.05) is 5.73 Å². The number of benzene rings is 1. The molecule has 0 aliphatic rings. The van der Waals surface area contributed by atoms with E-state index in [1.165, 1.54) is 4.68 Å². The average molecular weight is 265 g/mol. The van der Waals surface area contributed by atoms with E-state index in [2.05, 4.69) is 10.4 Å². The van der Waals surface area contributed by atoms with Crippen molar-refractivity contribution in [1.29, 1.82) is 0 Å². The minimum atomic E-state index is -0.312. The van der Waals surface area contributed by atoms with Crippen molar-refractivity contribution in [3.63, 3.8) is 0 Å². The number of anilines is 1. The lowest BCUT2D eigenvalue weighted by Gasteiger charge is -2.05. The Morgan fingerprint density at radius 1 is 1.50 bits per heavy atom. The summed E-state index contributed by atoms with van der Waals surface area (Å²) in [7, 11) is 1.71. The molecule has 0 saturated heterocycles. The van der Waals surface area contributed by atoms with Gasteiger partial charge in [-0.25, -0.2) is 0 Å². The van der Waals surface area contributed by atoms with Crippen molar-refractivity contribution < 1.29 is 4.79 Å². The van der Waals surface area contributed by atoms with Crippen molar-refractivity contribution in [2.45, 2.75) is 6.54 Å². The third-order valence-electron chi connectivity index (χ3n) is 2.47. The maximum absolute atomic E-state index is 11.9. The molecule has 0 unspecified atom stereocenters. The summed E-state index contributed by atoms with van der Waals surface area (Å²) in [5.41, 5.74) is 7.10.